The second-order valence-corrected chi connectivity index (χ2v) is 4.15. The van der Waals surface area contributed by atoms with Crippen molar-refractivity contribution in [3.63, 3.8) is 0 Å². The molecule has 0 aromatic heterocycles. The maximum Gasteiger partial charge on any atom is 0.330 e. The van der Waals surface area contributed by atoms with Crippen LogP contribution in [0, 0.1) is 0 Å². The zero-order chi connectivity index (χ0) is 12.4. The molecule has 0 radical (unpaired) electrons. The summed E-state index contributed by atoms with van der Waals surface area (Å²) in [4.78, 5) is 10.9. The first kappa shape index (κ1) is 15.2. The van der Waals surface area contributed by atoms with Crippen LogP contribution in [0.5, 0.6) is 0 Å². The van der Waals surface area contributed by atoms with Gasteiger partial charge >= 0.3 is 5.97 Å². The molecule has 3 heteroatoms. The lowest BCUT2D eigenvalue weighted by Gasteiger charge is -2.36. The van der Waals surface area contributed by atoms with Crippen LogP contribution in [0.3, 0.4) is 0 Å². The number of hydrogen-bond acceptors (Lipinski definition) is 2. The summed E-state index contributed by atoms with van der Waals surface area (Å²) in [5.41, 5.74) is 0. The number of quaternary nitrogens is 1. The number of rotatable bonds is 9. The Balaban J connectivity index is 4.09. The average Bonchev–Trinajstić information content (AvgIpc) is 2.33. The van der Waals surface area contributed by atoms with Gasteiger partial charge in [0.25, 0.3) is 0 Å². The van der Waals surface area contributed by atoms with Crippen molar-refractivity contribution in [2.45, 2.75) is 33.6 Å². The van der Waals surface area contributed by atoms with Crippen molar-refractivity contribution in [1.29, 1.82) is 0 Å². The van der Waals surface area contributed by atoms with Crippen molar-refractivity contribution in [2.75, 3.05) is 32.8 Å². The molecule has 16 heavy (non-hydrogen) atoms. The molecule has 0 saturated carbocycles. The van der Waals surface area contributed by atoms with Gasteiger partial charge in [0, 0.05) is 6.08 Å². The predicted octanol–water partition coefficient (Wildman–Crippen LogP) is 2.37. The number of unbranched alkanes of at least 4 members (excludes halogenated alkanes) is 1. The van der Waals surface area contributed by atoms with Crippen LogP contribution in [-0.2, 0) is 9.53 Å². The van der Waals surface area contributed by atoms with Crippen molar-refractivity contribution < 1.29 is 14.0 Å². The fourth-order valence-electron chi connectivity index (χ4n) is 1.86. The van der Waals surface area contributed by atoms with Crippen LogP contribution < -0.4 is 0 Å². The van der Waals surface area contributed by atoms with Crippen LogP contribution in [0.4, 0.5) is 0 Å². The Kier molecular flexibility index (Phi) is 7.90. The average molecular weight is 228 g/mol. The van der Waals surface area contributed by atoms with Crippen molar-refractivity contribution in [1.82, 2.24) is 0 Å². The van der Waals surface area contributed by atoms with Crippen molar-refractivity contribution in [2.24, 2.45) is 0 Å². The quantitative estimate of drug-likeness (QED) is 0.344. The smallest absolute Gasteiger partial charge is 0.330 e. The van der Waals surface area contributed by atoms with Crippen molar-refractivity contribution >= 4 is 5.97 Å². The number of esters is 1. The summed E-state index contributed by atoms with van der Waals surface area (Å²) in [6.07, 6.45) is 3.67. The third-order valence-electron chi connectivity index (χ3n) is 3.30. The Labute approximate surface area is 99.7 Å². The first-order valence-corrected chi connectivity index (χ1v) is 6.28. The highest BCUT2D eigenvalue weighted by Gasteiger charge is 2.22. The summed E-state index contributed by atoms with van der Waals surface area (Å²) in [5, 5.41) is 0. The third-order valence-corrected chi connectivity index (χ3v) is 3.30. The number of hydrogen-bond donors (Lipinski definition) is 0. The lowest BCUT2D eigenvalue weighted by atomic mass is 10.2. The van der Waals surface area contributed by atoms with Crippen molar-refractivity contribution in [3.8, 4) is 0 Å². The third kappa shape index (κ3) is 5.31. The molecule has 0 fully saturated rings. The number of carbonyl (C=O) groups excluding carboxylic acids is 1. The normalized spacial score (nSPS) is 11.2. The first-order chi connectivity index (χ1) is 7.64. The summed E-state index contributed by atoms with van der Waals surface area (Å²) in [6.45, 7) is 14.8. The molecule has 0 aromatic rings. The minimum Gasteiger partial charge on any atom is -0.457 e. The maximum atomic E-state index is 10.9. The van der Waals surface area contributed by atoms with E-state index in [0.29, 0.717) is 6.61 Å². The van der Waals surface area contributed by atoms with Crippen LogP contribution in [0.2, 0.25) is 0 Å². The molecule has 3 nitrogen and oxygen atoms in total. The summed E-state index contributed by atoms with van der Waals surface area (Å²) in [7, 11) is 0. The minimum absolute atomic E-state index is 0.319. The largest absolute Gasteiger partial charge is 0.457 e. The van der Waals surface area contributed by atoms with E-state index < -0.39 is 0 Å². The Morgan fingerprint density at radius 3 is 2.31 bits per heavy atom. The van der Waals surface area contributed by atoms with Crippen LogP contribution in [0.25, 0.3) is 0 Å². The van der Waals surface area contributed by atoms with Gasteiger partial charge in [-0.15, -0.1) is 0 Å². The maximum absolute atomic E-state index is 10.9. The Hall–Kier alpha value is -0.830. The van der Waals surface area contributed by atoms with E-state index >= 15 is 0 Å². The second kappa shape index (κ2) is 8.34. The van der Waals surface area contributed by atoms with E-state index in [1.807, 2.05) is 0 Å². The summed E-state index contributed by atoms with van der Waals surface area (Å²) >= 11 is 0. The molecule has 0 rings (SSSR count). The molecular weight excluding hydrogens is 202 g/mol. The van der Waals surface area contributed by atoms with Gasteiger partial charge < -0.3 is 9.22 Å². The highest BCUT2D eigenvalue weighted by Crippen LogP contribution is 2.09. The van der Waals surface area contributed by atoms with Gasteiger partial charge in [-0.2, -0.15) is 0 Å². The van der Waals surface area contributed by atoms with E-state index in [2.05, 4.69) is 27.4 Å². The van der Waals surface area contributed by atoms with E-state index in [1.165, 1.54) is 25.5 Å². The fraction of sp³-hybridized carbons (Fsp3) is 0.769. The molecule has 94 valence electrons. The standard InChI is InChI=1S/C13H26NO2/c1-5-9-10-14(7-3,8-4)11-12-16-13(15)6-2/h6H,2,5,7-12H2,1,3-4H3/q+1. The number of carbonyl (C=O) groups is 1. The van der Waals surface area contributed by atoms with Crippen LogP contribution in [-0.4, -0.2) is 43.2 Å². The molecule has 0 aliphatic heterocycles. The van der Waals surface area contributed by atoms with Gasteiger partial charge in [-0.1, -0.05) is 19.9 Å². The molecular formula is C13H26NO2+. The Morgan fingerprint density at radius 1 is 1.25 bits per heavy atom. The molecule has 0 N–H and O–H groups in total. The highest BCUT2D eigenvalue weighted by molar-refractivity contribution is 5.81. The fourth-order valence-corrected chi connectivity index (χ4v) is 1.86. The second-order valence-electron chi connectivity index (χ2n) is 4.15. The Morgan fingerprint density at radius 2 is 1.88 bits per heavy atom. The zero-order valence-corrected chi connectivity index (χ0v) is 11.0. The molecule has 0 saturated heterocycles. The van der Waals surface area contributed by atoms with Gasteiger partial charge in [0.2, 0.25) is 0 Å². The molecule has 0 aliphatic rings. The first-order valence-electron chi connectivity index (χ1n) is 6.28. The molecule has 0 atom stereocenters. The summed E-state index contributed by atoms with van der Waals surface area (Å²) < 4.78 is 6.10. The number of nitrogens with zero attached hydrogens (tertiary/aromatic N) is 1. The molecule has 0 bridgehead atoms. The molecule has 0 spiro atoms. The van der Waals surface area contributed by atoms with Gasteiger partial charge in [-0.3, -0.25) is 0 Å². The minimum atomic E-state index is -0.319. The van der Waals surface area contributed by atoms with Crippen LogP contribution in [0.15, 0.2) is 12.7 Å². The van der Waals surface area contributed by atoms with Crippen LogP contribution >= 0.6 is 0 Å². The highest BCUT2D eigenvalue weighted by atomic mass is 16.5. The van der Waals surface area contributed by atoms with Gasteiger partial charge in [0.15, 0.2) is 0 Å². The lowest BCUT2D eigenvalue weighted by molar-refractivity contribution is -0.925. The van der Waals surface area contributed by atoms with Gasteiger partial charge in [0.05, 0.1) is 19.6 Å². The van der Waals surface area contributed by atoms with Gasteiger partial charge in [-0.25, -0.2) is 4.79 Å². The van der Waals surface area contributed by atoms with Crippen molar-refractivity contribution in [3.05, 3.63) is 12.7 Å². The molecule has 0 unspecified atom stereocenters. The summed E-state index contributed by atoms with van der Waals surface area (Å²) in [6, 6.07) is 0. The molecule has 0 amide bonds. The van der Waals surface area contributed by atoms with Gasteiger partial charge in [-0.05, 0) is 20.3 Å². The molecule has 0 heterocycles. The van der Waals surface area contributed by atoms with E-state index in [9.17, 15) is 4.79 Å². The van der Waals surface area contributed by atoms with E-state index in [-0.39, 0.29) is 5.97 Å². The lowest BCUT2D eigenvalue weighted by Crippen LogP contribution is -2.50. The van der Waals surface area contributed by atoms with Crippen LogP contribution in [0.1, 0.15) is 33.6 Å². The predicted molar refractivity (Wildman–Crippen MR) is 67.1 cm³/mol. The number of likely N-dealkylation sites (N-methyl/N-ethyl adjacent to an activating group) is 1. The monoisotopic (exact) mass is 228 g/mol. The topological polar surface area (TPSA) is 26.3 Å². The van der Waals surface area contributed by atoms with E-state index in [0.717, 1.165) is 24.1 Å². The Bertz CT molecular complexity index is 210. The van der Waals surface area contributed by atoms with E-state index in [1.54, 1.807) is 0 Å². The van der Waals surface area contributed by atoms with E-state index in [4.69, 9.17) is 4.74 Å². The molecule has 0 aliphatic carbocycles. The van der Waals surface area contributed by atoms with Gasteiger partial charge in [0.1, 0.15) is 13.2 Å². The zero-order valence-electron chi connectivity index (χ0n) is 11.0. The molecule has 0 aromatic carbocycles. The summed E-state index contributed by atoms with van der Waals surface area (Å²) in [5.74, 6) is -0.319. The SMILES string of the molecule is C=CC(=O)OCC[N+](CC)(CC)CCCC. The number of ether oxygens (including phenoxy) is 1.